The molecule has 2 aromatic rings. The maximum Gasteiger partial charge on any atom is 0.260 e. The van der Waals surface area contributed by atoms with E-state index < -0.39 is 0 Å². The van der Waals surface area contributed by atoms with E-state index in [-0.39, 0.29) is 12.5 Å². The fourth-order valence-electron chi connectivity index (χ4n) is 2.64. The number of rotatable bonds is 7. The van der Waals surface area contributed by atoms with Crippen LogP contribution in [-0.4, -0.2) is 44.3 Å². The first-order valence-corrected chi connectivity index (χ1v) is 8.64. The lowest BCUT2D eigenvalue weighted by Crippen LogP contribution is -2.31. The number of hydrogen-bond donors (Lipinski definition) is 0. The maximum absolute atomic E-state index is 12.4. The van der Waals surface area contributed by atoms with Crippen LogP contribution in [0, 0.1) is 0 Å². The predicted octanol–water partition coefficient (Wildman–Crippen LogP) is 2.89. The minimum atomic E-state index is -0.119. The molecule has 6 heteroatoms. The van der Waals surface area contributed by atoms with E-state index in [1.54, 1.807) is 18.0 Å². The highest BCUT2D eigenvalue weighted by atomic mass is 16.6. The molecule has 0 N–H and O–H groups in total. The molecule has 0 bridgehead atoms. The minimum Gasteiger partial charge on any atom is -0.490 e. The molecule has 3 rings (SSSR count). The van der Waals surface area contributed by atoms with Crippen molar-refractivity contribution in [2.24, 2.45) is 0 Å². The summed E-state index contributed by atoms with van der Waals surface area (Å²) in [6.07, 6.45) is 0. The van der Waals surface area contributed by atoms with Crippen molar-refractivity contribution in [3.05, 3.63) is 48.0 Å². The third kappa shape index (κ3) is 4.39. The van der Waals surface area contributed by atoms with Gasteiger partial charge in [0.1, 0.15) is 13.2 Å². The Kier molecular flexibility index (Phi) is 5.84. The molecule has 0 unspecified atom stereocenters. The second-order valence-electron chi connectivity index (χ2n) is 5.90. The maximum atomic E-state index is 12.4. The van der Waals surface area contributed by atoms with Gasteiger partial charge in [-0.3, -0.25) is 4.79 Å². The van der Waals surface area contributed by atoms with Crippen LogP contribution < -0.4 is 18.9 Å². The smallest absolute Gasteiger partial charge is 0.260 e. The lowest BCUT2D eigenvalue weighted by atomic mass is 10.2. The van der Waals surface area contributed by atoms with Crippen molar-refractivity contribution in [3.8, 4) is 23.0 Å². The van der Waals surface area contributed by atoms with Crippen LogP contribution in [0.15, 0.2) is 42.5 Å². The number of amides is 1. The van der Waals surface area contributed by atoms with Crippen LogP contribution in [0.2, 0.25) is 0 Å². The van der Waals surface area contributed by atoms with Crippen molar-refractivity contribution in [2.75, 3.05) is 33.5 Å². The highest BCUT2D eigenvalue weighted by Gasteiger charge is 2.15. The molecule has 0 radical (unpaired) electrons. The third-order valence-electron chi connectivity index (χ3n) is 3.95. The number of para-hydroxylation sites is 2. The second-order valence-corrected chi connectivity index (χ2v) is 5.90. The van der Waals surface area contributed by atoms with Gasteiger partial charge in [0.15, 0.2) is 29.6 Å². The van der Waals surface area contributed by atoms with Crippen LogP contribution in [0.25, 0.3) is 0 Å². The van der Waals surface area contributed by atoms with Gasteiger partial charge in [0.2, 0.25) is 0 Å². The Bertz CT molecular complexity index is 762. The number of nitrogens with zero attached hydrogens (tertiary/aromatic N) is 1. The molecule has 0 fully saturated rings. The van der Waals surface area contributed by atoms with Crippen LogP contribution in [0.3, 0.4) is 0 Å². The summed E-state index contributed by atoms with van der Waals surface area (Å²) >= 11 is 0. The van der Waals surface area contributed by atoms with Crippen molar-refractivity contribution in [1.29, 1.82) is 0 Å². The summed E-state index contributed by atoms with van der Waals surface area (Å²) < 4.78 is 22.2. The van der Waals surface area contributed by atoms with Crippen LogP contribution in [-0.2, 0) is 11.3 Å². The summed E-state index contributed by atoms with van der Waals surface area (Å²) in [5, 5.41) is 0. The summed E-state index contributed by atoms with van der Waals surface area (Å²) in [4.78, 5) is 14.0. The number of likely N-dealkylation sites (N-methyl/N-ethyl adjacent to an activating group) is 1. The zero-order chi connectivity index (χ0) is 18.4. The third-order valence-corrected chi connectivity index (χ3v) is 3.95. The summed E-state index contributed by atoms with van der Waals surface area (Å²) in [7, 11) is 1.75. The highest BCUT2D eigenvalue weighted by Crippen LogP contribution is 2.31. The fraction of sp³-hybridized carbons (Fsp3) is 0.350. The summed E-state index contributed by atoms with van der Waals surface area (Å²) in [6.45, 7) is 3.96. The van der Waals surface area contributed by atoms with Gasteiger partial charge in [0.05, 0.1) is 6.61 Å². The normalized spacial score (nSPS) is 12.4. The predicted molar refractivity (Wildman–Crippen MR) is 97.0 cm³/mol. The Morgan fingerprint density at radius 2 is 1.73 bits per heavy atom. The van der Waals surface area contributed by atoms with Gasteiger partial charge in [-0.05, 0) is 36.8 Å². The monoisotopic (exact) mass is 357 g/mol. The quantitative estimate of drug-likeness (QED) is 0.763. The molecule has 0 saturated heterocycles. The Labute approximate surface area is 153 Å². The molecular formula is C20H23NO5. The molecule has 26 heavy (non-hydrogen) atoms. The van der Waals surface area contributed by atoms with Gasteiger partial charge in [0.25, 0.3) is 5.91 Å². The lowest BCUT2D eigenvalue weighted by molar-refractivity contribution is -0.132. The van der Waals surface area contributed by atoms with E-state index in [4.69, 9.17) is 18.9 Å². The number of carbonyl (C=O) groups excluding carboxylic acids is 1. The Hall–Kier alpha value is -2.89. The lowest BCUT2D eigenvalue weighted by Gasteiger charge is -2.21. The van der Waals surface area contributed by atoms with Gasteiger partial charge in [0, 0.05) is 13.6 Å². The van der Waals surface area contributed by atoms with Crippen LogP contribution >= 0.6 is 0 Å². The number of hydrogen-bond acceptors (Lipinski definition) is 5. The standard InChI is InChI=1S/C20H23NO5/c1-3-23-16-6-4-5-7-17(16)26-14-20(22)21(2)13-15-8-9-18-19(12-15)25-11-10-24-18/h4-9,12H,3,10-11,13-14H2,1-2H3. The molecular weight excluding hydrogens is 334 g/mol. The Morgan fingerprint density at radius 3 is 2.46 bits per heavy atom. The average molecular weight is 357 g/mol. The highest BCUT2D eigenvalue weighted by molar-refractivity contribution is 5.77. The first-order valence-electron chi connectivity index (χ1n) is 8.64. The molecule has 0 aromatic heterocycles. The molecule has 0 atom stereocenters. The van der Waals surface area contributed by atoms with Crippen molar-refractivity contribution in [3.63, 3.8) is 0 Å². The van der Waals surface area contributed by atoms with E-state index in [0.29, 0.717) is 37.9 Å². The van der Waals surface area contributed by atoms with E-state index >= 15 is 0 Å². The number of fused-ring (bicyclic) bond motifs is 1. The fourth-order valence-corrected chi connectivity index (χ4v) is 2.64. The number of carbonyl (C=O) groups is 1. The van der Waals surface area contributed by atoms with Crippen molar-refractivity contribution in [1.82, 2.24) is 4.90 Å². The van der Waals surface area contributed by atoms with Crippen molar-refractivity contribution in [2.45, 2.75) is 13.5 Å². The van der Waals surface area contributed by atoms with Crippen LogP contribution in [0.4, 0.5) is 0 Å². The molecule has 0 saturated carbocycles. The van der Waals surface area contributed by atoms with Gasteiger partial charge in [-0.25, -0.2) is 0 Å². The summed E-state index contributed by atoms with van der Waals surface area (Å²) in [5.41, 5.74) is 0.972. The van der Waals surface area contributed by atoms with Gasteiger partial charge < -0.3 is 23.8 Å². The molecule has 1 aliphatic rings. The Morgan fingerprint density at radius 1 is 1.04 bits per heavy atom. The molecule has 0 spiro atoms. The zero-order valence-corrected chi connectivity index (χ0v) is 15.1. The van der Waals surface area contributed by atoms with Crippen molar-refractivity contribution >= 4 is 5.91 Å². The first kappa shape index (κ1) is 17.9. The van der Waals surface area contributed by atoms with E-state index in [1.807, 2.05) is 43.3 Å². The number of benzene rings is 2. The van der Waals surface area contributed by atoms with E-state index in [0.717, 1.165) is 17.1 Å². The molecule has 1 amide bonds. The topological polar surface area (TPSA) is 57.2 Å². The van der Waals surface area contributed by atoms with Crippen molar-refractivity contribution < 1.29 is 23.7 Å². The van der Waals surface area contributed by atoms with E-state index in [2.05, 4.69) is 0 Å². The van der Waals surface area contributed by atoms with Gasteiger partial charge in [-0.1, -0.05) is 18.2 Å². The number of ether oxygens (including phenoxy) is 4. The van der Waals surface area contributed by atoms with E-state index in [9.17, 15) is 4.79 Å². The molecule has 138 valence electrons. The Balaban J connectivity index is 1.57. The van der Waals surface area contributed by atoms with E-state index in [1.165, 1.54) is 0 Å². The SMILES string of the molecule is CCOc1ccccc1OCC(=O)N(C)Cc1ccc2c(c1)OCCO2. The summed E-state index contributed by atoms with van der Waals surface area (Å²) in [6, 6.07) is 13.0. The largest absolute Gasteiger partial charge is 0.490 e. The van der Waals surface area contributed by atoms with Crippen LogP contribution in [0.5, 0.6) is 23.0 Å². The van der Waals surface area contributed by atoms with Gasteiger partial charge >= 0.3 is 0 Å². The zero-order valence-electron chi connectivity index (χ0n) is 15.1. The van der Waals surface area contributed by atoms with Crippen LogP contribution in [0.1, 0.15) is 12.5 Å². The molecule has 2 aromatic carbocycles. The summed E-state index contributed by atoms with van der Waals surface area (Å²) in [5.74, 6) is 2.54. The van der Waals surface area contributed by atoms with Gasteiger partial charge in [-0.2, -0.15) is 0 Å². The minimum absolute atomic E-state index is 0.0505. The second kappa shape index (κ2) is 8.47. The molecule has 1 heterocycles. The molecule has 0 aliphatic carbocycles. The molecule has 6 nitrogen and oxygen atoms in total. The molecule has 1 aliphatic heterocycles. The first-order chi connectivity index (χ1) is 12.7. The van der Waals surface area contributed by atoms with Gasteiger partial charge in [-0.15, -0.1) is 0 Å². The average Bonchev–Trinajstić information content (AvgIpc) is 2.67.